The second kappa shape index (κ2) is 6.03. The first kappa shape index (κ1) is 12.4. The van der Waals surface area contributed by atoms with E-state index in [0.29, 0.717) is 10.8 Å². The zero-order valence-electron chi connectivity index (χ0n) is 8.70. The number of rotatable bonds is 4. The Kier molecular flexibility index (Phi) is 4.99. The highest BCUT2D eigenvalue weighted by Crippen LogP contribution is 2.23. The van der Waals surface area contributed by atoms with Gasteiger partial charge in [-0.2, -0.15) is 0 Å². The topological polar surface area (TPSA) is 26.3 Å². The number of esters is 1. The van der Waals surface area contributed by atoms with Crippen molar-refractivity contribution in [2.45, 2.75) is 11.8 Å². The van der Waals surface area contributed by atoms with Crippen molar-refractivity contribution < 1.29 is 9.53 Å². The van der Waals surface area contributed by atoms with Gasteiger partial charge in [0.25, 0.3) is 0 Å². The molecule has 0 aliphatic heterocycles. The van der Waals surface area contributed by atoms with E-state index in [2.05, 4.69) is 4.74 Å². The van der Waals surface area contributed by atoms with Crippen LogP contribution in [0.3, 0.4) is 0 Å². The van der Waals surface area contributed by atoms with Gasteiger partial charge in [-0.3, -0.25) is 4.79 Å². The van der Waals surface area contributed by atoms with Crippen LogP contribution < -0.4 is 0 Å². The van der Waals surface area contributed by atoms with Crippen molar-refractivity contribution in [1.29, 1.82) is 0 Å². The largest absolute Gasteiger partial charge is 0.469 e. The summed E-state index contributed by atoms with van der Waals surface area (Å²) in [5.74, 6) is 0.427. The van der Waals surface area contributed by atoms with E-state index < -0.39 is 0 Å². The monoisotopic (exact) mass is 244 g/mol. The van der Waals surface area contributed by atoms with E-state index in [1.54, 1.807) is 11.8 Å². The predicted molar refractivity (Wildman–Crippen MR) is 63.4 cm³/mol. The van der Waals surface area contributed by atoms with Crippen LogP contribution >= 0.6 is 23.4 Å². The van der Waals surface area contributed by atoms with Gasteiger partial charge in [-0.15, -0.1) is 11.8 Å². The fourth-order valence-electron chi connectivity index (χ4n) is 1.05. The molecule has 0 heterocycles. The summed E-state index contributed by atoms with van der Waals surface area (Å²) in [6.45, 7) is 1.85. The molecule has 0 fully saturated rings. The summed E-state index contributed by atoms with van der Waals surface area (Å²) in [6, 6.07) is 7.58. The smallest absolute Gasteiger partial charge is 0.309 e. The van der Waals surface area contributed by atoms with Crippen LogP contribution in [0, 0.1) is 5.92 Å². The van der Waals surface area contributed by atoms with E-state index in [1.165, 1.54) is 7.11 Å². The standard InChI is InChI=1S/C11H13ClO2S/c1-8(11(13)14-2)7-15-10-5-3-4-9(12)6-10/h3-6,8H,7H2,1-2H3. The molecule has 82 valence electrons. The molecule has 0 saturated carbocycles. The lowest BCUT2D eigenvalue weighted by atomic mass is 10.2. The highest BCUT2D eigenvalue weighted by Gasteiger charge is 2.12. The van der Waals surface area contributed by atoms with Crippen LogP contribution in [0.5, 0.6) is 0 Å². The number of halogens is 1. The first-order chi connectivity index (χ1) is 7.13. The molecule has 0 saturated heterocycles. The van der Waals surface area contributed by atoms with Crippen molar-refractivity contribution in [2.75, 3.05) is 12.9 Å². The summed E-state index contributed by atoms with van der Waals surface area (Å²) >= 11 is 7.45. The summed E-state index contributed by atoms with van der Waals surface area (Å²) in [4.78, 5) is 12.2. The highest BCUT2D eigenvalue weighted by molar-refractivity contribution is 7.99. The minimum atomic E-state index is -0.176. The van der Waals surface area contributed by atoms with Gasteiger partial charge >= 0.3 is 5.97 Å². The van der Waals surface area contributed by atoms with Gasteiger partial charge < -0.3 is 4.74 Å². The molecule has 0 N–H and O–H groups in total. The quantitative estimate of drug-likeness (QED) is 0.601. The fourth-order valence-corrected chi connectivity index (χ4v) is 2.27. The Morgan fingerprint density at radius 2 is 2.33 bits per heavy atom. The molecular weight excluding hydrogens is 232 g/mol. The maximum Gasteiger partial charge on any atom is 0.309 e. The van der Waals surface area contributed by atoms with Crippen LogP contribution in [0.15, 0.2) is 29.2 Å². The molecule has 2 nitrogen and oxygen atoms in total. The molecule has 0 aromatic heterocycles. The lowest BCUT2D eigenvalue weighted by Crippen LogP contribution is -2.14. The van der Waals surface area contributed by atoms with E-state index in [1.807, 2.05) is 31.2 Å². The van der Waals surface area contributed by atoms with Gasteiger partial charge in [0.05, 0.1) is 13.0 Å². The average molecular weight is 245 g/mol. The van der Waals surface area contributed by atoms with Gasteiger partial charge in [0.2, 0.25) is 0 Å². The molecule has 0 spiro atoms. The third-order valence-electron chi connectivity index (χ3n) is 1.90. The number of carbonyl (C=O) groups is 1. The first-order valence-electron chi connectivity index (χ1n) is 4.59. The Balaban J connectivity index is 2.47. The van der Waals surface area contributed by atoms with E-state index in [9.17, 15) is 4.79 Å². The molecule has 1 unspecified atom stereocenters. The molecular formula is C11H13ClO2S. The Morgan fingerprint density at radius 3 is 2.93 bits per heavy atom. The van der Waals surface area contributed by atoms with Crippen molar-refractivity contribution in [1.82, 2.24) is 0 Å². The minimum Gasteiger partial charge on any atom is -0.469 e. The highest BCUT2D eigenvalue weighted by atomic mass is 35.5. The van der Waals surface area contributed by atoms with Crippen molar-refractivity contribution in [3.63, 3.8) is 0 Å². The average Bonchev–Trinajstić information content (AvgIpc) is 2.25. The van der Waals surface area contributed by atoms with Crippen LogP contribution in [-0.4, -0.2) is 18.8 Å². The van der Waals surface area contributed by atoms with Crippen LogP contribution in [0.25, 0.3) is 0 Å². The van der Waals surface area contributed by atoms with Crippen LogP contribution in [0.2, 0.25) is 5.02 Å². The van der Waals surface area contributed by atoms with E-state index >= 15 is 0 Å². The predicted octanol–water partition coefficient (Wildman–Crippen LogP) is 3.24. The molecule has 0 amide bonds. The maximum absolute atomic E-state index is 11.1. The minimum absolute atomic E-state index is 0.0982. The zero-order valence-corrected chi connectivity index (χ0v) is 10.3. The summed E-state index contributed by atoms with van der Waals surface area (Å²) < 4.78 is 4.65. The van der Waals surface area contributed by atoms with Gasteiger partial charge in [0.15, 0.2) is 0 Å². The molecule has 1 atom stereocenters. The molecule has 1 aromatic rings. The van der Waals surface area contributed by atoms with E-state index in [0.717, 1.165) is 4.90 Å². The molecule has 15 heavy (non-hydrogen) atoms. The first-order valence-corrected chi connectivity index (χ1v) is 5.96. The van der Waals surface area contributed by atoms with Crippen LogP contribution in [0.4, 0.5) is 0 Å². The molecule has 4 heteroatoms. The second-order valence-electron chi connectivity index (χ2n) is 3.19. The summed E-state index contributed by atoms with van der Waals surface area (Å²) in [5.41, 5.74) is 0. The van der Waals surface area contributed by atoms with E-state index in [4.69, 9.17) is 11.6 Å². The van der Waals surface area contributed by atoms with Gasteiger partial charge in [0, 0.05) is 15.7 Å². The Bertz CT molecular complexity index is 341. The number of hydrogen-bond acceptors (Lipinski definition) is 3. The van der Waals surface area contributed by atoms with Crippen molar-refractivity contribution in [3.8, 4) is 0 Å². The molecule has 1 aromatic carbocycles. The number of carbonyl (C=O) groups excluding carboxylic acids is 1. The molecule has 0 radical (unpaired) electrons. The third kappa shape index (κ3) is 4.14. The lowest BCUT2D eigenvalue weighted by molar-refractivity contribution is -0.143. The SMILES string of the molecule is COC(=O)C(C)CSc1cccc(Cl)c1. The Hall–Kier alpha value is -0.670. The molecule has 0 aliphatic carbocycles. The number of hydrogen-bond donors (Lipinski definition) is 0. The number of thioether (sulfide) groups is 1. The van der Waals surface area contributed by atoms with E-state index in [-0.39, 0.29) is 11.9 Å². The van der Waals surface area contributed by atoms with Gasteiger partial charge in [-0.05, 0) is 18.2 Å². The number of ether oxygens (including phenoxy) is 1. The Labute approximate surface area is 99.0 Å². The molecule has 0 aliphatic rings. The van der Waals surface area contributed by atoms with Crippen molar-refractivity contribution in [2.24, 2.45) is 5.92 Å². The molecule has 1 rings (SSSR count). The van der Waals surface area contributed by atoms with Crippen LogP contribution in [0.1, 0.15) is 6.92 Å². The number of benzene rings is 1. The van der Waals surface area contributed by atoms with Crippen LogP contribution in [-0.2, 0) is 9.53 Å². The van der Waals surface area contributed by atoms with Gasteiger partial charge in [-0.1, -0.05) is 24.6 Å². The van der Waals surface area contributed by atoms with Crippen molar-refractivity contribution in [3.05, 3.63) is 29.3 Å². The summed E-state index contributed by atoms with van der Waals surface area (Å²) in [6.07, 6.45) is 0. The molecule has 0 bridgehead atoms. The fraction of sp³-hybridized carbons (Fsp3) is 0.364. The Morgan fingerprint density at radius 1 is 1.60 bits per heavy atom. The zero-order chi connectivity index (χ0) is 11.3. The lowest BCUT2D eigenvalue weighted by Gasteiger charge is -2.08. The van der Waals surface area contributed by atoms with Crippen molar-refractivity contribution >= 4 is 29.3 Å². The summed E-state index contributed by atoms with van der Waals surface area (Å²) in [5, 5.41) is 0.714. The number of methoxy groups -OCH3 is 1. The second-order valence-corrected chi connectivity index (χ2v) is 4.72. The maximum atomic E-state index is 11.1. The van der Waals surface area contributed by atoms with Gasteiger partial charge in [-0.25, -0.2) is 0 Å². The van der Waals surface area contributed by atoms with Gasteiger partial charge in [0.1, 0.15) is 0 Å². The summed E-state index contributed by atoms with van der Waals surface area (Å²) in [7, 11) is 1.41. The normalized spacial score (nSPS) is 12.2. The third-order valence-corrected chi connectivity index (χ3v) is 3.39.